The average Bonchev–Trinajstić information content (AvgIpc) is 3.33. The van der Waals surface area contributed by atoms with Crippen molar-refractivity contribution >= 4 is 22.9 Å². The molecule has 0 spiro atoms. The van der Waals surface area contributed by atoms with Crippen molar-refractivity contribution in [1.29, 1.82) is 0 Å². The van der Waals surface area contributed by atoms with E-state index in [9.17, 15) is 4.79 Å². The summed E-state index contributed by atoms with van der Waals surface area (Å²) in [7, 11) is 0. The first-order chi connectivity index (χ1) is 11.8. The van der Waals surface area contributed by atoms with E-state index in [1.807, 2.05) is 35.7 Å². The van der Waals surface area contributed by atoms with E-state index in [2.05, 4.69) is 15.0 Å². The molecule has 0 saturated heterocycles. The third-order valence-electron chi connectivity index (χ3n) is 3.95. The summed E-state index contributed by atoms with van der Waals surface area (Å²) >= 11 is 1.44. The molecule has 1 aliphatic carbocycles. The molecular weight excluding hydrogens is 320 g/mol. The molecule has 6 heteroatoms. The zero-order chi connectivity index (χ0) is 16.4. The highest BCUT2D eigenvalue weighted by Gasteiger charge is 2.29. The van der Waals surface area contributed by atoms with E-state index in [4.69, 9.17) is 0 Å². The quantitative estimate of drug-likeness (QED) is 0.713. The Kier molecular flexibility index (Phi) is 4.04. The van der Waals surface area contributed by atoms with Crippen molar-refractivity contribution in [1.82, 2.24) is 15.0 Å². The molecule has 3 heterocycles. The number of anilines is 1. The summed E-state index contributed by atoms with van der Waals surface area (Å²) in [5.41, 5.74) is 2.07. The van der Waals surface area contributed by atoms with Gasteiger partial charge < -0.3 is 4.90 Å². The van der Waals surface area contributed by atoms with E-state index >= 15 is 0 Å². The number of hydrogen-bond acceptors (Lipinski definition) is 5. The molecule has 0 radical (unpaired) electrons. The minimum absolute atomic E-state index is 0.0756. The van der Waals surface area contributed by atoms with Crippen molar-refractivity contribution in [2.75, 3.05) is 11.4 Å². The second-order valence-corrected chi connectivity index (χ2v) is 6.68. The van der Waals surface area contributed by atoms with E-state index < -0.39 is 0 Å². The summed E-state index contributed by atoms with van der Waals surface area (Å²) in [6.45, 7) is 0.723. The van der Waals surface area contributed by atoms with Crippen molar-refractivity contribution in [2.24, 2.45) is 5.92 Å². The highest BCUT2D eigenvalue weighted by molar-refractivity contribution is 7.13. The summed E-state index contributed by atoms with van der Waals surface area (Å²) < 4.78 is 0. The fourth-order valence-electron chi connectivity index (χ4n) is 2.49. The van der Waals surface area contributed by atoms with Crippen LogP contribution in [0.25, 0.3) is 10.7 Å². The molecule has 5 nitrogen and oxygen atoms in total. The standard InChI is InChI=1S/C18H16N4OS/c23-18(16-12-24-17(21-16)15-5-1-2-9-20-15)22(11-13-6-7-13)14-4-3-8-19-10-14/h1-5,8-10,12-13H,6-7,11H2. The van der Waals surface area contributed by atoms with Gasteiger partial charge in [0.2, 0.25) is 0 Å². The second-order valence-electron chi connectivity index (χ2n) is 5.82. The molecule has 1 saturated carbocycles. The fraction of sp³-hybridized carbons (Fsp3) is 0.222. The molecule has 0 bridgehead atoms. The number of carbonyl (C=O) groups is 1. The Bertz CT molecular complexity index is 830. The molecule has 1 fully saturated rings. The first-order valence-corrected chi connectivity index (χ1v) is 8.78. The molecule has 1 aliphatic rings. The lowest BCUT2D eigenvalue weighted by molar-refractivity contribution is 0.0981. The van der Waals surface area contributed by atoms with Crippen LogP contribution in [-0.2, 0) is 0 Å². The minimum atomic E-state index is -0.0756. The van der Waals surface area contributed by atoms with E-state index in [-0.39, 0.29) is 5.91 Å². The maximum atomic E-state index is 13.0. The van der Waals surface area contributed by atoms with Crippen LogP contribution >= 0.6 is 11.3 Å². The highest BCUT2D eigenvalue weighted by atomic mass is 32.1. The van der Waals surface area contributed by atoms with Crippen molar-refractivity contribution in [3.8, 4) is 10.7 Å². The lowest BCUT2D eigenvalue weighted by Gasteiger charge is -2.21. The third-order valence-corrected chi connectivity index (χ3v) is 4.81. The number of hydrogen-bond donors (Lipinski definition) is 0. The molecule has 0 aliphatic heterocycles. The molecule has 0 aromatic carbocycles. The number of aromatic nitrogens is 3. The van der Waals surface area contributed by atoms with Gasteiger partial charge in [0.15, 0.2) is 0 Å². The molecule has 0 atom stereocenters. The molecule has 3 aromatic rings. The zero-order valence-corrected chi connectivity index (χ0v) is 13.8. The number of amides is 1. The van der Waals surface area contributed by atoms with Crippen LogP contribution in [0.4, 0.5) is 5.69 Å². The Morgan fingerprint density at radius 2 is 2.12 bits per heavy atom. The number of pyridine rings is 2. The van der Waals surface area contributed by atoms with E-state index in [0.717, 1.165) is 22.9 Å². The molecule has 120 valence electrons. The van der Waals surface area contributed by atoms with Crippen molar-refractivity contribution in [3.05, 3.63) is 60.0 Å². The van der Waals surface area contributed by atoms with Crippen LogP contribution in [0.1, 0.15) is 23.3 Å². The first kappa shape index (κ1) is 15.0. The maximum absolute atomic E-state index is 13.0. The van der Waals surface area contributed by atoms with Crippen LogP contribution in [0.2, 0.25) is 0 Å². The van der Waals surface area contributed by atoms with Crippen molar-refractivity contribution in [3.63, 3.8) is 0 Å². The lowest BCUT2D eigenvalue weighted by atomic mass is 10.2. The topological polar surface area (TPSA) is 59.0 Å². The van der Waals surface area contributed by atoms with Gasteiger partial charge in [-0.3, -0.25) is 14.8 Å². The number of thiazole rings is 1. The van der Waals surface area contributed by atoms with Gasteiger partial charge in [0.1, 0.15) is 10.7 Å². The smallest absolute Gasteiger partial charge is 0.277 e. The normalized spacial score (nSPS) is 13.7. The van der Waals surface area contributed by atoms with Gasteiger partial charge in [-0.1, -0.05) is 6.07 Å². The number of carbonyl (C=O) groups excluding carboxylic acids is 1. The lowest BCUT2D eigenvalue weighted by Crippen LogP contribution is -2.33. The van der Waals surface area contributed by atoms with Gasteiger partial charge in [-0.2, -0.15) is 0 Å². The van der Waals surface area contributed by atoms with Gasteiger partial charge in [-0.15, -0.1) is 11.3 Å². The monoisotopic (exact) mass is 336 g/mol. The summed E-state index contributed by atoms with van der Waals surface area (Å²) in [5, 5.41) is 2.57. The van der Waals surface area contributed by atoms with Crippen LogP contribution in [0.15, 0.2) is 54.3 Å². The Labute approximate surface area is 144 Å². The predicted octanol–water partition coefficient (Wildman–Crippen LogP) is 3.66. The van der Waals surface area contributed by atoms with Gasteiger partial charge >= 0.3 is 0 Å². The summed E-state index contributed by atoms with van der Waals surface area (Å²) in [6, 6.07) is 9.45. The van der Waals surface area contributed by atoms with Crippen LogP contribution in [0.3, 0.4) is 0 Å². The van der Waals surface area contributed by atoms with Crippen LogP contribution < -0.4 is 4.90 Å². The fourth-order valence-corrected chi connectivity index (χ4v) is 3.26. The average molecular weight is 336 g/mol. The van der Waals surface area contributed by atoms with Crippen LogP contribution in [0, 0.1) is 5.92 Å². The van der Waals surface area contributed by atoms with Gasteiger partial charge in [0.05, 0.1) is 17.6 Å². The van der Waals surface area contributed by atoms with Crippen molar-refractivity contribution in [2.45, 2.75) is 12.8 Å². The molecular formula is C18H16N4OS. The van der Waals surface area contributed by atoms with Crippen LogP contribution in [0.5, 0.6) is 0 Å². The zero-order valence-electron chi connectivity index (χ0n) is 13.0. The number of rotatable bonds is 5. The summed E-state index contributed by atoms with van der Waals surface area (Å²) in [5.74, 6) is 0.511. The molecule has 1 amide bonds. The van der Waals surface area contributed by atoms with Crippen molar-refractivity contribution < 1.29 is 4.79 Å². The molecule has 0 N–H and O–H groups in total. The summed E-state index contributed by atoms with van der Waals surface area (Å²) in [4.78, 5) is 27.7. The van der Waals surface area contributed by atoms with E-state index in [1.54, 1.807) is 23.5 Å². The van der Waals surface area contributed by atoms with Crippen LogP contribution in [-0.4, -0.2) is 27.4 Å². The SMILES string of the molecule is O=C(c1csc(-c2ccccn2)n1)N(CC1CC1)c1cccnc1. The molecule has 24 heavy (non-hydrogen) atoms. The Balaban J connectivity index is 1.62. The van der Waals surface area contributed by atoms with Gasteiger partial charge in [-0.25, -0.2) is 4.98 Å². The largest absolute Gasteiger partial charge is 0.305 e. The molecule has 0 unspecified atom stereocenters. The first-order valence-electron chi connectivity index (χ1n) is 7.90. The maximum Gasteiger partial charge on any atom is 0.277 e. The number of nitrogens with zero attached hydrogens (tertiary/aromatic N) is 4. The Hall–Kier alpha value is -2.60. The Morgan fingerprint density at radius 3 is 2.83 bits per heavy atom. The second kappa shape index (κ2) is 6.49. The minimum Gasteiger partial charge on any atom is -0.305 e. The predicted molar refractivity (Wildman–Crippen MR) is 94.0 cm³/mol. The van der Waals surface area contributed by atoms with Gasteiger partial charge in [0, 0.05) is 24.3 Å². The third kappa shape index (κ3) is 3.19. The van der Waals surface area contributed by atoms with Gasteiger partial charge in [-0.05, 0) is 43.0 Å². The summed E-state index contributed by atoms with van der Waals surface area (Å²) in [6.07, 6.45) is 7.53. The van der Waals surface area contributed by atoms with E-state index in [0.29, 0.717) is 11.6 Å². The molecule has 4 rings (SSSR count). The molecule has 3 aromatic heterocycles. The van der Waals surface area contributed by atoms with Gasteiger partial charge in [0.25, 0.3) is 5.91 Å². The Morgan fingerprint density at radius 1 is 1.21 bits per heavy atom. The van der Waals surface area contributed by atoms with E-state index in [1.165, 1.54) is 24.2 Å². The highest BCUT2D eigenvalue weighted by Crippen LogP contribution is 2.32.